The summed E-state index contributed by atoms with van der Waals surface area (Å²) in [5.74, 6) is 0.104. The minimum Gasteiger partial charge on any atom is -0.339 e. The molecule has 2 fully saturated rings. The van der Waals surface area contributed by atoms with Crippen LogP contribution in [-0.4, -0.2) is 54.3 Å². The number of carbonyl (C=O) groups is 1. The maximum absolute atomic E-state index is 13.3. The van der Waals surface area contributed by atoms with Crippen LogP contribution in [0.4, 0.5) is 0 Å². The van der Waals surface area contributed by atoms with Gasteiger partial charge in [-0.15, -0.1) is 0 Å². The van der Waals surface area contributed by atoms with Gasteiger partial charge in [0, 0.05) is 32.2 Å². The summed E-state index contributed by atoms with van der Waals surface area (Å²) >= 11 is 1.07. The predicted molar refractivity (Wildman–Crippen MR) is 129 cm³/mol. The number of nitrogens with zero attached hydrogens (tertiary/aromatic N) is 3. The molecule has 1 aromatic heterocycles. The highest BCUT2D eigenvalue weighted by molar-refractivity contribution is 7.89. The molecule has 1 saturated carbocycles. The number of sulfonamides is 1. The first-order chi connectivity index (χ1) is 15.7. The maximum atomic E-state index is 13.3. The number of piperazine rings is 1. The van der Waals surface area contributed by atoms with Crippen LogP contribution in [0.2, 0.25) is 0 Å². The third kappa shape index (κ3) is 3.72. The van der Waals surface area contributed by atoms with Crippen molar-refractivity contribution in [2.24, 2.45) is 0 Å². The molecule has 1 saturated heterocycles. The Bertz CT molecular complexity index is 1360. The second-order valence-electron chi connectivity index (χ2n) is 9.11. The summed E-state index contributed by atoms with van der Waals surface area (Å²) in [6, 6.07) is 14.8. The minimum atomic E-state index is -3.71. The van der Waals surface area contributed by atoms with Gasteiger partial charge in [0.1, 0.15) is 0 Å². The van der Waals surface area contributed by atoms with Crippen LogP contribution in [0, 0.1) is 0 Å². The molecule has 1 aliphatic heterocycles. The van der Waals surface area contributed by atoms with Gasteiger partial charge in [-0.1, -0.05) is 41.7 Å². The molecule has 2 aliphatic rings. The smallest absolute Gasteiger partial charge is 0.308 e. The third-order valence-corrected chi connectivity index (χ3v) is 9.56. The average Bonchev–Trinajstić information content (AvgIpc) is 3.55. The Hall–Kier alpha value is -2.49. The first-order valence-corrected chi connectivity index (χ1v) is 13.5. The molecule has 0 N–H and O–H groups in total. The molecule has 1 aliphatic carbocycles. The lowest BCUT2D eigenvalue weighted by Crippen LogP contribution is -2.52. The van der Waals surface area contributed by atoms with E-state index in [0.29, 0.717) is 17.8 Å². The highest BCUT2D eigenvalue weighted by Crippen LogP contribution is 2.49. The fourth-order valence-electron chi connectivity index (χ4n) is 4.76. The highest BCUT2D eigenvalue weighted by atomic mass is 32.2. The first kappa shape index (κ1) is 22.3. The van der Waals surface area contributed by atoms with E-state index in [4.69, 9.17) is 0 Å². The number of amides is 1. The van der Waals surface area contributed by atoms with Crippen LogP contribution in [0.5, 0.6) is 0 Å². The van der Waals surface area contributed by atoms with Crippen molar-refractivity contribution >= 4 is 37.5 Å². The summed E-state index contributed by atoms with van der Waals surface area (Å²) in [4.78, 5) is 27.5. The summed E-state index contributed by atoms with van der Waals surface area (Å²) in [6.07, 6.45) is 1.68. The van der Waals surface area contributed by atoms with Crippen molar-refractivity contribution in [3.63, 3.8) is 0 Å². The number of hydrogen-bond donors (Lipinski definition) is 0. The zero-order chi connectivity index (χ0) is 23.4. The van der Waals surface area contributed by atoms with Gasteiger partial charge in [0.15, 0.2) is 0 Å². The third-order valence-electron chi connectivity index (χ3n) is 6.75. The molecule has 0 spiro atoms. The Labute approximate surface area is 197 Å². The van der Waals surface area contributed by atoms with E-state index < -0.39 is 15.4 Å². The number of carbonyl (C=O) groups excluding carboxylic acids is 1. The summed E-state index contributed by atoms with van der Waals surface area (Å²) in [6.45, 7) is 5.16. The average molecular weight is 486 g/mol. The molecule has 7 nitrogen and oxygen atoms in total. The van der Waals surface area contributed by atoms with Crippen LogP contribution >= 0.6 is 11.3 Å². The molecule has 2 aromatic carbocycles. The number of hydrogen-bond acceptors (Lipinski definition) is 5. The Morgan fingerprint density at radius 1 is 1.00 bits per heavy atom. The van der Waals surface area contributed by atoms with E-state index in [2.05, 4.69) is 0 Å². The van der Waals surface area contributed by atoms with Gasteiger partial charge in [-0.2, -0.15) is 4.31 Å². The summed E-state index contributed by atoms with van der Waals surface area (Å²) in [5.41, 5.74) is 1.37. The van der Waals surface area contributed by atoms with E-state index in [1.54, 1.807) is 22.8 Å². The van der Waals surface area contributed by atoms with Crippen molar-refractivity contribution in [1.29, 1.82) is 0 Å². The lowest BCUT2D eigenvalue weighted by Gasteiger charge is -2.36. The molecule has 33 heavy (non-hydrogen) atoms. The van der Waals surface area contributed by atoms with Crippen LogP contribution < -0.4 is 4.87 Å². The van der Waals surface area contributed by atoms with Gasteiger partial charge in [-0.25, -0.2) is 8.42 Å². The van der Waals surface area contributed by atoms with Gasteiger partial charge in [0.05, 0.1) is 20.5 Å². The zero-order valence-corrected chi connectivity index (χ0v) is 20.4. The van der Waals surface area contributed by atoms with E-state index in [1.165, 1.54) is 4.31 Å². The van der Waals surface area contributed by atoms with Crippen LogP contribution in [-0.2, 0) is 20.2 Å². The molecular weight excluding hydrogens is 458 g/mol. The van der Waals surface area contributed by atoms with E-state index in [9.17, 15) is 18.0 Å². The van der Waals surface area contributed by atoms with Gasteiger partial charge in [-0.05, 0) is 50.5 Å². The standard InChI is InChI=1S/C24H27N3O4S2/c1-17(2)27-20-9-8-19(16-21(20)32-23(27)29)33(30,31)26-14-12-25(13-15-26)22(28)24(10-11-24)18-6-4-3-5-7-18/h3-9,16-17H,10-15H2,1-2H3. The van der Waals surface area contributed by atoms with Crippen LogP contribution in [0.15, 0.2) is 58.2 Å². The van der Waals surface area contributed by atoms with Gasteiger partial charge < -0.3 is 4.90 Å². The Morgan fingerprint density at radius 2 is 1.67 bits per heavy atom. The quantitative estimate of drug-likeness (QED) is 0.556. The lowest BCUT2D eigenvalue weighted by atomic mass is 9.94. The van der Waals surface area contributed by atoms with Crippen molar-refractivity contribution in [2.75, 3.05) is 26.2 Å². The summed E-state index contributed by atoms with van der Waals surface area (Å²) in [7, 11) is -3.71. The fraction of sp³-hybridized carbons (Fsp3) is 0.417. The normalized spacial score (nSPS) is 18.7. The zero-order valence-electron chi connectivity index (χ0n) is 18.7. The van der Waals surface area contributed by atoms with Crippen molar-refractivity contribution in [2.45, 2.75) is 43.0 Å². The summed E-state index contributed by atoms with van der Waals surface area (Å²) < 4.78 is 30.4. The molecular formula is C24H27N3O4S2. The number of thiazole rings is 1. The molecule has 0 radical (unpaired) electrons. The van der Waals surface area contributed by atoms with Gasteiger partial charge >= 0.3 is 4.87 Å². The molecule has 0 atom stereocenters. The molecule has 174 valence electrons. The van der Waals surface area contributed by atoms with E-state index >= 15 is 0 Å². The number of fused-ring (bicyclic) bond motifs is 1. The number of aromatic nitrogens is 1. The molecule has 2 heterocycles. The Balaban J connectivity index is 1.33. The second kappa shape index (κ2) is 8.07. The van der Waals surface area contributed by atoms with Crippen molar-refractivity contribution in [1.82, 2.24) is 13.8 Å². The fourth-order valence-corrected chi connectivity index (χ4v) is 7.33. The first-order valence-electron chi connectivity index (χ1n) is 11.2. The molecule has 9 heteroatoms. The van der Waals surface area contributed by atoms with E-state index in [1.807, 2.05) is 49.1 Å². The molecule has 5 rings (SSSR count). The van der Waals surface area contributed by atoms with Crippen LogP contribution in [0.25, 0.3) is 10.2 Å². The predicted octanol–water partition coefficient (Wildman–Crippen LogP) is 3.21. The van der Waals surface area contributed by atoms with Crippen molar-refractivity contribution < 1.29 is 13.2 Å². The number of benzene rings is 2. The largest absolute Gasteiger partial charge is 0.339 e. The van der Waals surface area contributed by atoms with Crippen LogP contribution in [0.3, 0.4) is 0 Å². The molecule has 1 amide bonds. The van der Waals surface area contributed by atoms with Gasteiger partial charge in [0.25, 0.3) is 0 Å². The summed E-state index contributed by atoms with van der Waals surface area (Å²) in [5, 5.41) is 0. The monoisotopic (exact) mass is 485 g/mol. The minimum absolute atomic E-state index is 0.00460. The Morgan fingerprint density at radius 3 is 2.27 bits per heavy atom. The van der Waals surface area contributed by atoms with Crippen molar-refractivity contribution in [3.8, 4) is 0 Å². The highest BCUT2D eigenvalue weighted by Gasteiger charge is 2.53. The van der Waals surface area contributed by atoms with Crippen molar-refractivity contribution in [3.05, 3.63) is 63.8 Å². The SMILES string of the molecule is CC(C)n1c(=O)sc2cc(S(=O)(=O)N3CCN(C(=O)C4(c5ccccc5)CC4)CC3)ccc21. The Kier molecular flexibility index (Phi) is 5.46. The molecule has 0 unspecified atom stereocenters. The van der Waals surface area contributed by atoms with E-state index in [-0.39, 0.29) is 34.8 Å². The van der Waals surface area contributed by atoms with E-state index in [0.717, 1.165) is 35.3 Å². The maximum Gasteiger partial charge on any atom is 0.308 e. The van der Waals surface area contributed by atoms with Gasteiger partial charge in [-0.3, -0.25) is 14.2 Å². The molecule has 3 aromatic rings. The number of rotatable bonds is 5. The van der Waals surface area contributed by atoms with Crippen LogP contribution in [0.1, 0.15) is 38.3 Å². The van der Waals surface area contributed by atoms with Gasteiger partial charge in [0.2, 0.25) is 15.9 Å². The molecule has 0 bridgehead atoms. The topological polar surface area (TPSA) is 79.7 Å². The second-order valence-corrected chi connectivity index (χ2v) is 12.0. The lowest BCUT2D eigenvalue weighted by molar-refractivity contribution is -0.135.